The van der Waals surface area contributed by atoms with Crippen LogP contribution in [0.1, 0.15) is 55.7 Å². The van der Waals surface area contributed by atoms with E-state index in [4.69, 9.17) is 9.57 Å². The molecule has 2 aromatic rings. The van der Waals surface area contributed by atoms with Crippen molar-refractivity contribution in [1.29, 1.82) is 0 Å². The molecule has 1 aromatic carbocycles. The number of amidine groups is 1. The summed E-state index contributed by atoms with van der Waals surface area (Å²) in [5.74, 6) is 1.93. The van der Waals surface area contributed by atoms with Gasteiger partial charge in [0.2, 0.25) is 5.88 Å². The Morgan fingerprint density at radius 1 is 1.08 bits per heavy atom. The van der Waals surface area contributed by atoms with E-state index in [-0.39, 0.29) is 6.61 Å². The van der Waals surface area contributed by atoms with Crippen LogP contribution in [-0.2, 0) is 17.6 Å². The average Bonchev–Trinajstić information content (AvgIpc) is 3.22. The molecule has 1 fully saturated rings. The molecule has 4 rings (SSSR count). The van der Waals surface area contributed by atoms with Crippen molar-refractivity contribution in [2.24, 2.45) is 16.2 Å². The molecule has 194 valence electrons. The lowest BCUT2D eigenvalue weighted by molar-refractivity contribution is -0.137. The number of aromatic nitrogens is 1. The Labute approximate surface area is 208 Å². The second-order valence-electron chi connectivity index (χ2n) is 9.07. The smallest absolute Gasteiger partial charge is 0.416 e. The van der Waals surface area contributed by atoms with E-state index in [1.807, 2.05) is 13.1 Å². The summed E-state index contributed by atoms with van der Waals surface area (Å²) in [6.07, 6.45) is 3.67. The lowest BCUT2D eigenvalue weighted by Gasteiger charge is -2.28. The fraction of sp³-hybridized carbons (Fsp3) is 0.480. The lowest BCUT2D eigenvalue weighted by atomic mass is 9.89. The number of pyridine rings is 1. The summed E-state index contributed by atoms with van der Waals surface area (Å²) in [5.41, 5.74) is 4.46. The van der Waals surface area contributed by atoms with Crippen molar-refractivity contribution in [3.63, 3.8) is 0 Å². The van der Waals surface area contributed by atoms with Gasteiger partial charge in [-0.3, -0.25) is 5.01 Å². The minimum atomic E-state index is -4.36. The number of ether oxygens (including phenoxy) is 1. The Kier molecular flexibility index (Phi) is 8.29. The number of rotatable bonds is 9. The predicted octanol–water partition coefficient (Wildman–Crippen LogP) is 4.98. The van der Waals surface area contributed by atoms with Gasteiger partial charge in [0.05, 0.1) is 11.3 Å². The molecule has 0 saturated heterocycles. The molecule has 11 heteroatoms. The fourth-order valence-electron chi connectivity index (χ4n) is 4.23. The third kappa shape index (κ3) is 7.09. The first-order valence-electron chi connectivity index (χ1n) is 12.0. The Bertz CT molecular complexity index is 1050. The van der Waals surface area contributed by atoms with E-state index in [1.54, 1.807) is 24.3 Å². The molecular formula is C25H31F3N6O2. The Hall–Kier alpha value is -3.34. The van der Waals surface area contributed by atoms with Gasteiger partial charge in [0.25, 0.3) is 0 Å². The molecule has 1 N–H and O–H groups in total. The molecule has 36 heavy (non-hydrogen) atoms. The molecule has 1 aliphatic carbocycles. The normalized spacial score (nSPS) is 17.4. The first-order chi connectivity index (χ1) is 17.3. The maximum absolute atomic E-state index is 12.7. The molecule has 0 bridgehead atoms. The van der Waals surface area contributed by atoms with Crippen molar-refractivity contribution in [2.45, 2.75) is 51.8 Å². The van der Waals surface area contributed by atoms with E-state index in [1.165, 1.54) is 44.2 Å². The molecule has 0 radical (unpaired) electrons. The van der Waals surface area contributed by atoms with Crippen LogP contribution in [-0.4, -0.2) is 46.9 Å². The van der Waals surface area contributed by atoms with Crippen molar-refractivity contribution in [3.05, 3.63) is 59.3 Å². The number of hydrogen-bond donors (Lipinski definition) is 1. The number of hydrogen-bond acceptors (Lipinski definition) is 8. The fourth-order valence-corrected chi connectivity index (χ4v) is 4.23. The summed E-state index contributed by atoms with van der Waals surface area (Å²) in [6, 6.07) is 8.38. The van der Waals surface area contributed by atoms with Gasteiger partial charge in [-0.1, -0.05) is 36.6 Å². The van der Waals surface area contributed by atoms with Crippen molar-refractivity contribution in [1.82, 2.24) is 20.6 Å². The van der Waals surface area contributed by atoms with Crippen LogP contribution in [0.15, 0.2) is 52.9 Å². The van der Waals surface area contributed by atoms with Gasteiger partial charge in [-0.2, -0.15) is 13.2 Å². The van der Waals surface area contributed by atoms with Gasteiger partial charge in [0.15, 0.2) is 12.4 Å². The number of hydrazine groups is 2. The zero-order chi connectivity index (χ0) is 25.5. The van der Waals surface area contributed by atoms with E-state index in [9.17, 15) is 13.2 Å². The average molecular weight is 505 g/mol. The number of halogens is 3. The minimum Gasteiger partial charge on any atom is -0.469 e. The summed E-state index contributed by atoms with van der Waals surface area (Å²) in [6.45, 7) is 3.02. The van der Waals surface area contributed by atoms with Crippen molar-refractivity contribution >= 4 is 11.5 Å². The zero-order valence-corrected chi connectivity index (χ0v) is 20.5. The second-order valence-corrected chi connectivity index (χ2v) is 9.07. The third-order valence-corrected chi connectivity index (χ3v) is 6.23. The molecule has 0 spiro atoms. The highest BCUT2D eigenvalue weighted by molar-refractivity contribution is 5.98. The first-order valence-corrected chi connectivity index (χ1v) is 12.0. The van der Waals surface area contributed by atoms with Crippen LogP contribution in [0.5, 0.6) is 5.88 Å². The number of hydrazone groups is 1. The molecule has 0 atom stereocenters. The number of nitrogens with one attached hydrogen (secondary N) is 1. The van der Waals surface area contributed by atoms with Crippen LogP contribution in [0.3, 0.4) is 0 Å². The van der Waals surface area contributed by atoms with Crippen LogP contribution in [0.2, 0.25) is 0 Å². The highest BCUT2D eigenvalue weighted by Crippen LogP contribution is 2.29. The van der Waals surface area contributed by atoms with Gasteiger partial charge in [-0.25, -0.2) is 10.1 Å². The van der Waals surface area contributed by atoms with Crippen molar-refractivity contribution in [3.8, 4) is 5.88 Å². The van der Waals surface area contributed by atoms with Gasteiger partial charge < -0.3 is 9.57 Å². The molecule has 1 saturated carbocycles. The maximum atomic E-state index is 12.7. The monoisotopic (exact) mass is 504 g/mol. The maximum Gasteiger partial charge on any atom is 0.416 e. The highest BCUT2D eigenvalue weighted by Gasteiger charge is 2.30. The molecular weight excluding hydrogens is 473 g/mol. The van der Waals surface area contributed by atoms with Crippen molar-refractivity contribution < 1.29 is 22.7 Å². The van der Waals surface area contributed by atoms with Crippen molar-refractivity contribution in [2.75, 3.05) is 20.2 Å². The Balaban J connectivity index is 1.26. The molecule has 1 aromatic heterocycles. The number of oxime groups is 1. The summed E-state index contributed by atoms with van der Waals surface area (Å²) >= 11 is 0. The highest BCUT2D eigenvalue weighted by atomic mass is 19.4. The standard InChI is InChI=1S/C25H31F3N6O2/c1-18(31-36-16-20-8-11-22(12-9-20)25(26,27)28)21-10-13-24(29-14-21)35-17-23-30-33(2)32-34(23)15-19-6-4-3-5-7-19/h8-14,19,32H,3-7,15-17H2,1-2H3/b31-18+. The first kappa shape index (κ1) is 25.7. The van der Waals surface area contributed by atoms with E-state index in [2.05, 4.69) is 25.8 Å². The summed E-state index contributed by atoms with van der Waals surface area (Å²) in [7, 11) is 1.86. The number of nitrogens with zero attached hydrogens (tertiary/aromatic N) is 5. The zero-order valence-electron chi connectivity index (χ0n) is 20.5. The van der Waals surface area contributed by atoms with Crippen LogP contribution in [0.4, 0.5) is 13.2 Å². The van der Waals surface area contributed by atoms with Crippen LogP contribution >= 0.6 is 0 Å². The van der Waals surface area contributed by atoms with Crippen LogP contribution < -0.4 is 10.3 Å². The summed E-state index contributed by atoms with van der Waals surface area (Å²) in [4.78, 5) is 9.65. The topological polar surface area (TPSA) is 74.6 Å². The SMILES string of the molecule is C/C(=N\OCc1ccc(C(F)(F)F)cc1)c1ccc(OCC2=NN(C)NN2CC2CCCCC2)nc1. The van der Waals surface area contributed by atoms with Crippen LogP contribution in [0, 0.1) is 5.92 Å². The van der Waals surface area contributed by atoms with Crippen LogP contribution in [0.25, 0.3) is 0 Å². The number of alkyl halides is 3. The van der Waals surface area contributed by atoms with E-state index < -0.39 is 11.7 Å². The summed E-state index contributed by atoms with van der Waals surface area (Å²) in [5, 5.41) is 12.3. The molecule has 0 amide bonds. The number of benzene rings is 1. The molecule has 8 nitrogen and oxygen atoms in total. The van der Waals surface area contributed by atoms with Gasteiger partial charge >= 0.3 is 6.18 Å². The second kappa shape index (κ2) is 11.6. The van der Waals surface area contributed by atoms with E-state index >= 15 is 0 Å². The van der Waals surface area contributed by atoms with Gasteiger partial charge in [0, 0.05) is 31.4 Å². The quantitative estimate of drug-likeness (QED) is 0.384. The lowest BCUT2D eigenvalue weighted by Crippen LogP contribution is -2.46. The Morgan fingerprint density at radius 2 is 1.83 bits per heavy atom. The van der Waals surface area contributed by atoms with Gasteiger partial charge in [0.1, 0.15) is 6.61 Å². The van der Waals surface area contributed by atoms with Gasteiger partial charge in [-0.15, -0.1) is 10.6 Å². The third-order valence-electron chi connectivity index (χ3n) is 6.23. The summed E-state index contributed by atoms with van der Waals surface area (Å²) < 4.78 is 43.8. The van der Waals surface area contributed by atoms with E-state index in [0.29, 0.717) is 29.7 Å². The molecule has 2 heterocycles. The molecule has 1 aliphatic heterocycles. The van der Waals surface area contributed by atoms with Gasteiger partial charge in [-0.05, 0) is 49.4 Å². The molecule has 0 unspecified atom stereocenters. The Morgan fingerprint density at radius 3 is 2.50 bits per heavy atom. The largest absolute Gasteiger partial charge is 0.469 e. The molecule has 2 aliphatic rings. The predicted molar refractivity (Wildman–Crippen MR) is 130 cm³/mol. The minimum absolute atomic E-state index is 0.0616. The van der Waals surface area contributed by atoms with E-state index in [0.717, 1.165) is 30.1 Å².